The second-order valence-corrected chi connectivity index (χ2v) is 6.33. The number of fused-ring (bicyclic) bond motifs is 1. The number of nitrogens with zero attached hydrogens (tertiary/aromatic N) is 2. The Labute approximate surface area is 123 Å². The number of rotatable bonds is 3. The normalized spacial score (nSPS) is 13.7. The van der Waals surface area contributed by atoms with E-state index in [-0.39, 0.29) is 11.5 Å². The van der Waals surface area contributed by atoms with Gasteiger partial charge < -0.3 is 14.7 Å². The van der Waals surface area contributed by atoms with Gasteiger partial charge >= 0.3 is 0 Å². The van der Waals surface area contributed by atoms with Crippen LogP contribution in [0.5, 0.6) is 0 Å². The summed E-state index contributed by atoms with van der Waals surface area (Å²) in [7, 11) is 0. The molecule has 1 atom stereocenters. The van der Waals surface area contributed by atoms with Gasteiger partial charge in [-0.2, -0.15) is 4.98 Å². The smallest absolute Gasteiger partial charge is 0.228 e. The Bertz CT molecular complexity index is 752. The maximum absolute atomic E-state index is 6.15. The topological polar surface area (TPSA) is 78.1 Å². The molecular weight excluding hydrogens is 266 g/mol. The monoisotopic (exact) mass is 285 g/mol. The van der Waals surface area contributed by atoms with E-state index in [1.807, 2.05) is 24.3 Å². The third-order valence-corrected chi connectivity index (χ3v) is 3.70. The summed E-state index contributed by atoms with van der Waals surface area (Å²) in [6, 6.07) is 7.74. The summed E-state index contributed by atoms with van der Waals surface area (Å²) in [5.41, 5.74) is 7.80. The van der Waals surface area contributed by atoms with Crippen molar-refractivity contribution in [2.45, 2.75) is 33.2 Å². The van der Waals surface area contributed by atoms with Crippen molar-refractivity contribution in [1.82, 2.24) is 10.1 Å². The summed E-state index contributed by atoms with van der Waals surface area (Å²) < 4.78 is 10.8. The summed E-state index contributed by atoms with van der Waals surface area (Å²) in [5, 5.41) is 5.02. The second kappa shape index (κ2) is 5.00. The molecule has 0 bridgehead atoms. The number of aromatic nitrogens is 2. The van der Waals surface area contributed by atoms with Crippen LogP contribution in [0, 0.1) is 5.41 Å². The highest BCUT2D eigenvalue weighted by Crippen LogP contribution is 2.29. The average Bonchev–Trinajstić information content (AvgIpc) is 3.03. The molecule has 5 heteroatoms. The van der Waals surface area contributed by atoms with Crippen molar-refractivity contribution in [1.29, 1.82) is 0 Å². The van der Waals surface area contributed by atoms with Gasteiger partial charge in [0.1, 0.15) is 11.8 Å². The Morgan fingerprint density at radius 2 is 2.00 bits per heavy atom. The fourth-order valence-corrected chi connectivity index (χ4v) is 2.09. The summed E-state index contributed by atoms with van der Waals surface area (Å²) in [4.78, 5) is 4.44. The van der Waals surface area contributed by atoms with Crippen LogP contribution in [0.4, 0.5) is 0 Å². The van der Waals surface area contributed by atoms with Gasteiger partial charge in [0.2, 0.25) is 11.7 Å². The third-order valence-electron chi connectivity index (χ3n) is 3.70. The van der Waals surface area contributed by atoms with E-state index >= 15 is 0 Å². The molecule has 1 aromatic carbocycles. The van der Waals surface area contributed by atoms with Gasteiger partial charge in [-0.15, -0.1) is 0 Å². The lowest BCUT2D eigenvalue weighted by Crippen LogP contribution is -2.36. The molecule has 0 aliphatic carbocycles. The lowest BCUT2D eigenvalue weighted by Gasteiger charge is -2.25. The van der Waals surface area contributed by atoms with Gasteiger partial charge in [-0.3, -0.25) is 0 Å². The van der Waals surface area contributed by atoms with E-state index in [1.165, 1.54) is 0 Å². The Kier molecular flexibility index (Phi) is 3.29. The van der Waals surface area contributed by atoms with Crippen molar-refractivity contribution in [3.8, 4) is 11.4 Å². The predicted octanol–water partition coefficient (Wildman–Crippen LogP) is 3.40. The van der Waals surface area contributed by atoms with Crippen LogP contribution in [-0.4, -0.2) is 16.2 Å². The van der Waals surface area contributed by atoms with E-state index in [0.717, 1.165) is 16.5 Å². The fraction of sp³-hybridized carbons (Fsp3) is 0.375. The van der Waals surface area contributed by atoms with Crippen LogP contribution in [0.15, 0.2) is 39.5 Å². The van der Waals surface area contributed by atoms with E-state index in [2.05, 4.69) is 30.9 Å². The van der Waals surface area contributed by atoms with Crippen LogP contribution in [0.1, 0.15) is 26.7 Å². The highest BCUT2D eigenvalue weighted by atomic mass is 16.5. The third kappa shape index (κ3) is 2.69. The van der Waals surface area contributed by atoms with E-state index in [4.69, 9.17) is 14.7 Å². The van der Waals surface area contributed by atoms with Crippen LogP contribution in [-0.2, 0) is 6.42 Å². The number of hydrogen-bond donors (Lipinski definition) is 1. The number of hydrogen-bond acceptors (Lipinski definition) is 5. The van der Waals surface area contributed by atoms with Crippen LogP contribution < -0.4 is 5.73 Å². The molecule has 0 aliphatic heterocycles. The number of furan rings is 1. The molecule has 5 nitrogen and oxygen atoms in total. The van der Waals surface area contributed by atoms with Gasteiger partial charge in [0.05, 0.1) is 5.56 Å². The minimum Gasteiger partial charge on any atom is -0.464 e. The van der Waals surface area contributed by atoms with Gasteiger partial charge in [0.25, 0.3) is 0 Å². The number of benzene rings is 1. The standard InChI is InChI=1S/C16H19N3O2/c1-16(2,3)13(17)8-14-18-15(19-21-14)11-9-20-12-7-5-4-6-10(11)12/h4-7,9,13H,8,17H2,1-3H3. The van der Waals surface area contributed by atoms with Crippen molar-refractivity contribution in [3.05, 3.63) is 36.4 Å². The fourth-order valence-electron chi connectivity index (χ4n) is 2.09. The molecule has 1 unspecified atom stereocenters. The Morgan fingerprint density at radius 3 is 2.76 bits per heavy atom. The Balaban J connectivity index is 1.88. The molecular formula is C16H19N3O2. The quantitative estimate of drug-likeness (QED) is 0.798. The van der Waals surface area contributed by atoms with Crippen molar-refractivity contribution >= 4 is 11.0 Å². The minimum absolute atomic E-state index is 0.00301. The maximum atomic E-state index is 6.15. The summed E-state index contributed by atoms with van der Waals surface area (Å²) in [6.07, 6.45) is 2.22. The van der Waals surface area contributed by atoms with Crippen LogP contribution >= 0.6 is 0 Å². The molecule has 0 spiro atoms. The van der Waals surface area contributed by atoms with E-state index in [0.29, 0.717) is 18.1 Å². The molecule has 0 amide bonds. The molecule has 0 saturated heterocycles. The van der Waals surface area contributed by atoms with Gasteiger partial charge in [-0.25, -0.2) is 0 Å². The Morgan fingerprint density at radius 1 is 1.24 bits per heavy atom. The molecule has 21 heavy (non-hydrogen) atoms. The molecule has 0 radical (unpaired) electrons. The first-order valence-corrected chi connectivity index (χ1v) is 7.00. The van der Waals surface area contributed by atoms with Crippen LogP contribution in [0.25, 0.3) is 22.4 Å². The van der Waals surface area contributed by atoms with Crippen molar-refractivity contribution in [2.75, 3.05) is 0 Å². The zero-order valence-electron chi connectivity index (χ0n) is 12.5. The van der Waals surface area contributed by atoms with Gasteiger partial charge in [-0.05, 0) is 11.5 Å². The maximum Gasteiger partial charge on any atom is 0.228 e. The van der Waals surface area contributed by atoms with Crippen LogP contribution in [0.3, 0.4) is 0 Å². The first kappa shape index (κ1) is 13.8. The molecule has 0 fully saturated rings. The molecule has 2 heterocycles. The molecule has 3 rings (SSSR count). The van der Waals surface area contributed by atoms with Crippen molar-refractivity contribution < 1.29 is 8.94 Å². The van der Waals surface area contributed by atoms with Gasteiger partial charge in [0.15, 0.2) is 0 Å². The van der Waals surface area contributed by atoms with Crippen molar-refractivity contribution in [3.63, 3.8) is 0 Å². The van der Waals surface area contributed by atoms with Crippen molar-refractivity contribution in [2.24, 2.45) is 11.1 Å². The average molecular weight is 285 g/mol. The highest BCUT2D eigenvalue weighted by molar-refractivity contribution is 5.91. The second-order valence-electron chi connectivity index (χ2n) is 6.33. The van der Waals surface area contributed by atoms with E-state index in [1.54, 1.807) is 6.26 Å². The molecule has 0 saturated carbocycles. The van der Waals surface area contributed by atoms with Crippen LogP contribution in [0.2, 0.25) is 0 Å². The first-order valence-electron chi connectivity index (χ1n) is 7.00. The number of nitrogens with two attached hydrogens (primary N) is 1. The van der Waals surface area contributed by atoms with E-state index in [9.17, 15) is 0 Å². The predicted molar refractivity (Wildman–Crippen MR) is 80.6 cm³/mol. The van der Waals surface area contributed by atoms with E-state index < -0.39 is 0 Å². The minimum atomic E-state index is -0.0353. The molecule has 0 aliphatic rings. The lowest BCUT2D eigenvalue weighted by atomic mass is 9.85. The summed E-state index contributed by atoms with van der Waals surface area (Å²) in [5.74, 6) is 1.09. The highest BCUT2D eigenvalue weighted by Gasteiger charge is 2.24. The lowest BCUT2D eigenvalue weighted by molar-refractivity contribution is 0.286. The first-order chi connectivity index (χ1) is 9.95. The Hall–Kier alpha value is -2.14. The SMILES string of the molecule is CC(C)(C)C(N)Cc1nc(-c2coc3ccccc23)no1. The van der Waals surface area contributed by atoms with Gasteiger partial charge in [0, 0.05) is 17.8 Å². The number of para-hydroxylation sites is 1. The molecule has 2 N–H and O–H groups in total. The zero-order chi connectivity index (χ0) is 15.0. The molecule has 110 valence electrons. The molecule has 3 aromatic rings. The largest absolute Gasteiger partial charge is 0.464 e. The zero-order valence-corrected chi connectivity index (χ0v) is 12.5. The summed E-state index contributed by atoms with van der Waals surface area (Å²) in [6.45, 7) is 6.29. The van der Waals surface area contributed by atoms with Gasteiger partial charge in [-0.1, -0.05) is 44.1 Å². The summed E-state index contributed by atoms with van der Waals surface area (Å²) >= 11 is 0. The molecule has 2 aromatic heterocycles.